The van der Waals surface area contributed by atoms with Crippen molar-refractivity contribution < 1.29 is 9.53 Å². The van der Waals surface area contributed by atoms with Crippen LogP contribution < -0.4 is 10.1 Å². The highest BCUT2D eigenvalue weighted by molar-refractivity contribution is 5.79. The van der Waals surface area contributed by atoms with Crippen molar-refractivity contribution >= 4 is 5.91 Å². The van der Waals surface area contributed by atoms with Gasteiger partial charge < -0.3 is 15.0 Å². The van der Waals surface area contributed by atoms with Crippen LogP contribution in [-0.4, -0.2) is 43.6 Å². The molecule has 2 aliphatic rings. The van der Waals surface area contributed by atoms with E-state index < -0.39 is 0 Å². The van der Waals surface area contributed by atoms with Gasteiger partial charge >= 0.3 is 0 Å². The third kappa shape index (κ3) is 2.96. The van der Waals surface area contributed by atoms with Crippen molar-refractivity contribution in [2.45, 2.75) is 19.3 Å². The summed E-state index contributed by atoms with van der Waals surface area (Å²) in [4.78, 5) is 14.1. The van der Waals surface area contributed by atoms with Gasteiger partial charge in [0.15, 0.2) is 0 Å². The molecule has 1 aromatic rings. The van der Waals surface area contributed by atoms with Crippen molar-refractivity contribution in [3.05, 3.63) is 30.3 Å². The molecule has 20 heavy (non-hydrogen) atoms. The highest BCUT2D eigenvalue weighted by Crippen LogP contribution is 2.39. The van der Waals surface area contributed by atoms with Crippen molar-refractivity contribution in [2.75, 3.05) is 32.8 Å². The van der Waals surface area contributed by atoms with E-state index in [1.54, 1.807) is 0 Å². The van der Waals surface area contributed by atoms with Gasteiger partial charge in [0.2, 0.25) is 5.91 Å². The Balaban J connectivity index is 1.49. The second-order valence-corrected chi connectivity index (χ2v) is 5.90. The molecule has 2 heterocycles. The number of nitrogens with zero attached hydrogens (tertiary/aromatic N) is 1. The van der Waals surface area contributed by atoms with E-state index in [1.165, 1.54) is 0 Å². The predicted molar refractivity (Wildman–Crippen MR) is 77.7 cm³/mol. The molecule has 2 fully saturated rings. The number of ether oxygens (including phenoxy) is 1. The number of carbonyl (C=O) groups is 1. The zero-order chi connectivity index (χ0) is 13.8. The summed E-state index contributed by atoms with van der Waals surface area (Å²) < 4.78 is 5.69. The number of benzene rings is 1. The molecule has 0 bridgehead atoms. The number of carbonyl (C=O) groups excluding carboxylic acids is 1. The van der Waals surface area contributed by atoms with Gasteiger partial charge in [-0.05, 0) is 43.5 Å². The Morgan fingerprint density at radius 1 is 1.20 bits per heavy atom. The van der Waals surface area contributed by atoms with Gasteiger partial charge in [0.05, 0.1) is 6.54 Å². The van der Waals surface area contributed by atoms with Crippen molar-refractivity contribution in [3.63, 3.8) is 0 Å². The summed E-state index contributed by atoms with van der Waals surface area (Å²) in [5.41, 5.74) is 0.231. The molecular formula is C16H22N2O2. The molecule has 4 heteroatoms. The van der Waals surface area contributed by atoms with E-state index in [9.17, 15) is 4.79 Å². The molecule has 1 aromatic carbocycles. The SMILES string of the molecule is O=C1CC2(CCNCC2)CN1CCOc1ccccc1. The molecule has 0 aliphatic carbocycles. The Hall–Kier alpha value is -1.55. The molecule has 0 atom stereocenters. The zero-order valence-electron chi connectivity index (χ0n) is 11.8. The van der Waals surface area contributed by atoms with Crippen LogP contribution in [0.25, 0.3) is 0 Å². The molecule has 0 aromatic heterocycles. The van der Waals surface area contributed by atoms with E-state index in [4.69, 9.17) is 4.74 Å². The van der Waals surface area contributed by atoms with Crippen molar-refractivity contribution in [1.29, 1.82) is 0 Å². The number of para-hydroxylation sites is 1. The summed E-state index contributed by atoms with van der Waals surface area (Å²) in [5.74, 6) is 1.17. The molecule has 108 valence electrons. The molecule has 0 radical (unpaired) electrons. The Labute approximate surface area is 120 Å². The van der Waals surface area contributed by atoms with Crippen LogP contribution in [0.15, 0.2) is 30.3 Å². The number of amides is 1. The van der Waals surface area contributed by atoms with Gasteiger partial charge in [0, 0.05) is 13.0 Å². The summed E-state index contributed by atoms with van der Waals surface area (Å²) >= 11 is 0. The molecule has 0 saturated carbocycles. The number of nitrogens with one attached hydrogen (secondary N) is 1. The Bertz CT molecular complexity index is 455. The molecule has 0 unspecified atom stereocenters. The molecule has 1 spiro atoms. The third-order valence-electron chi connectivity index (χ3n) is 4.44. The molecule has 3 rings (SSSR count). The number of piperidine rings is 1. The standard InChI is InChI=1S/C16H22N2O2/c19-15-12-16(6-8-17-9-7-16)13-18(15)10-11-20-14-4-2-1-3-5-14/h1-5,17H,6-13H2. The molecule has 1 N–H and O–H groups in total. The first-order valence-corrected chi connectivity index (χ1v) is 7.44. The minimum atomic E-state index is 0.231. The maximum absolute atomic E-state index is 12.1. The largest absolute Gasteiger partial charge is 0.492 e. The second-order valence-electron chi connectivity index (χ2n) is 5.90. The van der Waals surface area contributed by atoms with E-state index in [1.807, 2.05) is 35.2 Å². The maximum Gasteiger partial charge on any atom is 0.223 e. The fourth-order valence-electron chi connectivity index (χ4n) is 3.27. The fraction of sp³-hybridized carbons (Fsp3) is 0.562. The number of hydrogen-bond donors (Lipinski definition) is 1. The predicted octanol–water partition coefficient (Wildman–Crippen LogP) is 1.67. The number of likely N-dealkylation sites (tertiary alicyclic amines) is 1. The zero-order valence-corrected chi connectivity index (χ0v) is 11.8. The maximum atomic E-state index is 12.1. The van der Waals surface area contributed by atoms with E-state index in [2.05, 4.69) is 5.32 Å². The lowest BCUT2D eigenvalue weighted by Crippen LogP contribution is -2.39. The van der Waals surface area contributed by atoms with Gasteiger partial charge in [0.1, 0.15) is 12.4 Å². The Morgan fingerprint density at radius 3 is 2.70 bits per heavy atom. The van der Waals surface area contributed by atoms with Crippen LogP contribution in [-0.2, 0) is 4.79 Å². The van der Waals surface area contributed by atoms with Crippen LogP contribution in [0.1, 0.15) is 19.3 Å². The van der Waals surface area contributed by atoms with E-state index in [0.29, 0.717) is 19.1 Å². The van der Waals surface area contributed by atoms with Gasteiger partial charge in [-0.2, -0.15) is 0 Å². The first kappa shape index (κ1) is 13.4. The van der Waals surface area contributed by atoms with E-state index in [0.717, 1.165) is 44.6 Å². The smallest absolute Gasteiger partial charge is 0.223 e. The van der Waals surface area contributed by atoms with Gasteiger partial charge in [-0.1, -0.05) is 18.2 Å². The quantitative estimate of drug-likeness (QED) is 0.908. The lowest BCUT2D eigenvalue weighted by atomic mass is 9.78. The van der Waals surface area contributed by atoms with Crippen LogP contribution in [0.2, 0.25) is 0 Å². The van der Waals surface area contributed by atoms with Gasteiger partial charge in [-0.3, -0.25) is 4.79 Å². The summed E-state index contributed by atoms with van der Waals surface area (Å²) in [7, 11) is 0. The van der Waals surface area contributed by atoms with Crippen LogP contribution in [0, 0.1) is 5.41 Å². The minimum absolute atomic E-state index is 0.231. The average molecular weight is 274 g/mol. The summed E-state index contributed by atoms with van der Waals surface area (Å²) in [6.45, 7) is 4.27. The molecule has 2 aliphatic heterocycles. The Kier molecular flexibility index (Phi) is 3.92. The highest BCUT2D eigenvalue weighted by Gasteiger charge is 2.43. The molecule has 4 nitrogen and oxygen atoms in total. The number of hydrogen-bond acceptors (Lipinski definition) is 3. The lowest BCUT2D eigenvalue weighted by molar-refractivity contribution is -0.128. The topological polar surface area (TPSA) is 41.6 Å². The van der Waals surface area contributed by atoms with Gasteiger partial charge in [-0.15, -0.1) is 0 Å². The average Bonchev–Trinajstić information content (AvgIpc) is 2.77. The normalized spacial score (nSPS) is 21.4. The van der Waals surface area contributed by atoms with E-state index in [-0.39, 0.29) is 5.41 Å². The monoisotopic (exact) mass is 274 g/mol. The number of rotatable bonds is 4. The van der Waals surface area contributed by atoms with Gasteiger partial charge in [-0.25, -0.2) is 0 Å². The Morgan fingerprint density at radius 2 is 1.95 bits per heavy atom. The molecule has 2 saturated heterocycles. The summed E-state index contributed by atoms with van der Waals surface area (Å²) in [6.07, 6.45) is 2.96. The van der Waals surface area contributed by atoms with Crippen molar-refractivity contribution in [1.82, 2.24) is 10.2 Å². The molecular weight excluding hydrogens is 252 g/mol. The van der Waals surface area contributed by atoms with Crippen molar-refractivity contribution in [2.24, 2.45) is 5.41 Å². The first-order valence-electron chi connectivity index (χ1n) is 7.44. The first-order chi connectivity index (χ1) is 9.77. The fourth-order valence-corrected chi connectivity index (χ4v) is 3.27. The minimum Gasteiger partial charge on any atom is -0.492 e. The van der Waals surface area contributed by atoms with Crippen molar-refractivity contribution in [3.8, 4) is 5.75 Å². The lowest BCUT2D eigenvalue weighted by Gasteiger charge is -2.33. The summed E-state index contributed by atoms with van der Waals surface area (Å²) in [6, 6.07) is 9.78. The van der Waals surface area contributed by atoms with Gasteiger partial charge in [0.25, 0.3) is 0 Å². The summed E-state index contributed by atoms with van der Waals surface area (Å²) in [5, 5.41) is 3.38. The van der Waals surface area contributed by atoms with Crippen LogP contribution in [0.4, 0.5) is 0 Å². The van der Waals surface area contributed by atoms with E-state index >= 15 is 0 Å². The van der Waals surface area contributed by atoms with Crippen LogP contribution >= 0.6 is 0 Å². The van der Waals surface area contributed by atoms with Crippen LogP contribution in [0.3, 0.4) is 0 Å². The van der Waals surface area contributed by atoms with Crippen LogP contribution in [0.5, 0.6) is 5.75 Å². The highest BCUT2D eigenvalue weighted by atomic mass is 16.5. The molecule has 1 amide bonds. The third-order valence-corrected chi connectivity index (χ3v) is 4.44. The second kappa shape index (κ2) is 5.83.